The lowest BCUT2D eigenvalue weighted by Gasteiger charge is -2.12. The van der Waals surface area contributed by atoms with Gasteiger partial charge in [-0.2, -0.15) is 5.26 Å². The Morgan fingerprint density at radius 1 is 1.15 bits per heavy atom. The third-order valence-corrected chi connectivity index (χ3v) is 3.77. The monoisotopic (exact) mass is 291 g/mol. The highest BCUT2D eigenvalue weighted by Crippen LogP contribution is 2.34. The molecule has 2 aromatic rings. The van der Waals surface area contributed by atoms with Crippen LogP contribution in [-0.4, -0.2) is 5.11 Å². The molecular weight excluding hydrogens is 280 g/mol. The fourth-order valence-corrected chi connectivity index (χ4v) is 2.80. The number of benzene rings is 2. The van der Waals surface area contributed by atoms with Gasteiger partial charge in [-0.3, -0.25) is 0 Å². The minimum atomic E-state index is -0.926. The molecule has 0 aliphatic rings. The van der Waals surface area contributed by atoms with Crippen molar-refractivity contribution in [2.75, 3.05) is 0 Å². The molecule has 0 saturated carbocycles. The van der Waals surface area contributed by atoms with Crippen molar-refractivity contribution in [2.45, 2.75) is 22.8 Å². The van der Waals surface area contributed by atoms with Gasteiger partial charge in [0.25, 0.3) is 0 Å². The molecule has 2 nitrogen and oxygen atoms in total. The van der Waals surface area contributed by atoms with Crippen molar-refractivity contribution in [3.05, 3.63) is 59.2 Å². The summed E-state index contributed by atoms with van der Waals surface area (Å²) >= 11 is 1.18. The molecule has 0 aliphatic heterocycles. The Kier molecular flexibility index (Phi) is 4.38. The van der Waals surface area contributed by atoms with Gasteiger partial charge in [-0.25, -0.2) is 8.78 Å². The zero-order chi connectivity index (χ0) is 14.7. The van der Waals surface area contributed by atoms with Gasteiger partial charge >= 0.3 is 0 Å². The largest absolute Gasteiger partial charge is 0.389 e. The number of aliphatic hydroxyl groups excluding tert-OH is 1. The zero-order valence-electron chi connectivity index (χ0n) is 10.6. The number of nitrogens with zero attached hydrogens (tertiary/aromatic N) is 1. The van der Waals surface area contributed by atoms with Crippen molar-refractivity contribution >= 4 is 11.8 Å². The van der Waals surface area contributed by atoms with Gasteiger partial charge in [0, 0.05) is 9.79 Å². The Hall–Kier alpha value is -1.90. The molecule has 2 rings (SSSR count). The van der Waals surface area contributed by atoms with Crippen LogP contribution in [0.5, 0.6) is 0 Å². The summed E-state index contributed by atoms with van der Waals surface area (Å²) in [7, 11) is 0. The molecule has 0 unspecified atom stereocenters. The number of hydrogen-bond acceptors (Lipinski definition) is 3. The summed E-state index contributed by atoms with van der Waals surface area (Å²) in [6.07, 6.45) is -0.712. The van der Waals surface area contributed by atoms with Crippen LogP contribution in [0, 0.1) is 23.0 Å². The summed E-state index contributed by atoms with van der Waals surface area (Å²) in [5.41, 5.74) is 1.08. The highest BCUT2D eigenvalue weighted by atomic mass is 32.2. The predicted molar refractivity (Wildman–Crippen MR) is 72.3 cm³/mol. The summed E-state index contributed by atoms with van der Waals surface area (Å²) < 4.78 is 26.1. The predicted octanol–water partition coefficient (Wildman–Crippen LogP) is 4.04. The molecule has 102 valence electrons. The highest BCUT2D eigenvalue weighted by molar-refractivity contribution is 7.99. The second-order valence-electron chi connectivity index (χ2n) is 4.22. The first-order valence-corrected chi connectivity index (χ1v) is 6.68. The highest BCUT2D eigenvalue weighted by Gasteiger charge is 2.11. The quantitative estimate of drug-likeness (QED) is 0.928. The standard InChI is InChI=1S/C15H11F2NOS/c1-9(19)12-4-2-10(8-18)6-15(12)20-11-3-5-13(16)14(17)7-11/h2-7,9,19H,1H3/t9-/m0/s1. The molecule has 2 aromatic carbocycles. The van der Waals surface area contributed by atoms with Crippen LogP contribution in [0.15, 0.2) is 46.2 Å². The molecule has 1 atom stereocenters. The average Bonchev–Trinajstić information content (AvgIpc) is 2.42. The van der Waals surface area contributed by atoms with Crippen molar-refractivity contribution in [2.24, 2.45) is 0 Å². The maximum Gasteiger partial charge on any atom is 0.159 e. The third-order valence-electron chi connectivity index (χ3n) is 2.71. The van der Waals surface area contributed by atoms with E-state index in [0.717, 1.165) is 12.1 Å². The van der Waals surface area contributed by atoms with Crippen molar-refractivity contribution < 1.29 is 13.9 Å². The molecule has 0 saturated heterocycles. The van der Waals surface area contributed by atoms with Crippen LogP contribution in [0.2, 0.25) is 0 Å². The maximum absolute atomic E-state index is 13.2. The van der Waals surface area contributed by atoms with Gasteiger partial charge in [0.2, 0.25) is 0 Å². The van der Waals surface area contributed by atoms with Gasteiger partial charge in [0.05, 0.1) is 17.7 Å². The van der Waals surface area contributed by atoms with Crippen molar-refractivity contribution in [1.29, 1.82) is 5.26 Å². The molecule has 5 heteroatoms. The molecule has 20 heavy (non-hydrogen) atoms. The van der Waals surface area contributed by atoms with E-state index in [-0.39, 0.29) is 0 Å². The van der Waals surface area contributed by atoms with E-state index in [1.165, 1.54) is 17.8 Å². The van der Waals surface area contributed by atoms with Gasteiger partial charge in [-0.05, 0) is 42.8 Å². The van der Waals surface area contributed by atoms with Crippen LogP contribution >= 0.6 is 11.8 Å². The van der Waals surface area contributed by atoms with E-state index in [9.17, 15) is 13.9 Å². The van der Waals surface area contributed by atoms with E-state index in [0.29, 0.717) is 20.9 Å². The third kappa shape index (κ3) is 3.16. The minimum absolute atomic E-state index is 0.444. The van der Waals surface area contributed by atoms with Gasteiger partial charge < -0.3 is 5.11 Å². The molecule has 1 N–H and O–H groups in total. The fourth-order valence-electron chi connectivity index (χ4n) is 1.70. The second kappa shape index (κ2) is 6.04. The lowest BCUT2D eigenvalue weighted by Crippen LogP contribution is -1.95. The SMILES string of the molecule is C[C@H](O)c1ccc(C#N)cc1Sc1ccc(F)c(F)c1. The van der Waals surface area contributed by atoms with Crippen LogP contribution in [0.3, 0.4) is 0 Å². The van der Waals surface area contributed by atoms with E-state index in [2.05, 4.69) is 0 Å². The number of aliphatic hydroxyl groups is 1. The first-order valence-electron chi connectivity index (χ1n) is 5.86. The lowest BCUT2D eigenvalue weighted by atomic mass is 10.1. The van der Waals surface area contributed by atoms with Crippen LogP contribution in [0.4, 0.5) is 8.78 Å². The van der Waals surface area contributed by atoms with Crippen LogP contribution in [-0.2, 0) is 0 Å². The van der Waals surface area contributed by atoms with Gasteiger partial charge in [0.15, 0.2) is 11.6 Å². The number of hydrogen-bond donors (Lipinski definition) is 1. The van der Waals surface area contributed by atoms with E-state index >= 15 is 0 Å². The smallest absolute Gasteiger partial charge is 0.159 e. The molecule has 0 aromatic heterocycles. The summed E-state index contributed by atoms with van der Waals surface area (Å²) in [5.74, 6) is -1.83. The molecule has 0 amide bonds. The minimum Gasteiger partial charge on any atom is -0.389 e. The van der Waals surface area contributed by atoms with Crippen LogP contribution < -0.4 is 0 Å². The Labute approximate surface area is 119 Å². The molecule has 0 fully saturated rings. The number of nitriles is 1. The van der Waals surface area contributed by atoms with Crippen LogP contribution in [0.1, 0.15) is 24.2 Å². The second-order valence-corrected chi connectivity index (χ2v) is 5.33. The number of rotatable bonds is 3. The summed E-state index contributed by atoms with van der Waals surface area (Å²) in [4.78, 5) is 1.14. The maximum atomic E-state index is 13.2. The van der Waals surface area contributed by atoms with E-state index in [1.807, 2.05) is 6.07 Å². The number of halogens is 2. The molecule has 0 radical (unpaired) electrons. The topological polar surface area (TPSA) is 44.0 Å². The molecule has 0 heterocycles. The Morgan fingerprint density at radius 2 is 1.90 bits per heavy atom. The van der Waals surface area contributed by atoms with Crippen LogP contribution in [0.25, 0.3) is 0 Å². The van der Waals surface area contributed by atoms with E-state index < -0.39 is 17.7 Å². The molecule has 0 bridgehead atoms. The Morgan fingerprint density at radius 3 is 2.50 bits per heavy atom. The van der Waals surface area contributed by atoms with Crippen molar-refractivity contribution in [3.8, 4) is 6.07 Å². The Balaban J connectivity index is 2.40. The molecular formula is C15H11F2NOS. The first kappa shape index (κ1) is 14.5. The van der Waals surface area contributed by atoms with Gasteiger partial charge in [-0.15, -0.1) is 0 Å². The van der Waals surface area contributed by atoms with Crippen molar-refractivity contribution in [1.82, 2.24) is 0 Å². The first-order chi connectivity index (χ1) is 9.51. The zero-order valence-corrected chi connectivity index (χ0v) is 11.4. The molecule has 0 aliphatic carbocycles. The normalized spacial score (nSPS) is 11.9. The summed E-state index contributed by atoms with van der Waals surface area (Å²) in [6.45, 7) is 1.61. The molecule has 0 spiro atoms. The summed E-state index contributed by atoms with van der Waals surface area (Å²) in [5, 5.41) is 18.6. The Bertz CT molecular complexity index is 680. The summed E-state index contributed by atoms with van der Waals surface area (Å²) in [6, 6.07) is 10.5. The van der Waals surface area contributed by atoms with Gasteiger partial charge in [-0.1, -0.05) is 17.8 Å². The van der Waals surface area contributed by atoms with Gasteiger partial charge in [0.1, 0.15) is 0 Å². The van der Waals surface area contributed by atoms with E-state index in [1.54, 1.807) is 25.1 Å². The fraction of sp³-hybridized carbons (Fsp3) is 0.133. The van der Waals surface area contributed by atoms with Crippen molar-refractivity contribution in [3.63, 3.8) is 0 Å². The average molecular weight is 291 g/mol. The van der Waals surface area contributed by atoms with E-state index in [4.69, 9.17) is 5.26 Å². The lowest BCUT2D eigenvalue weighted by molar-refractivity contribution is 0.196.